The van der Waals surface area contributed by atoms with Gasteiger partial charge in [0.1, 0.15) is 0 Å². The maximum absolute atomic E-state index is 4.29. The van der Waals surface area contributed by atoms with E-state index >= 15 is 0 Å². The van der Waals surface area contributed by atoms with Gasteiger partial charge in [-0.3, -0.25) is 0 Å². The average Bonchev–Trinajstić information content (AvgIpc) is 1.37. The Morgan fingerprint density at radius 3 is 2.00 bits per heavy atom. The SMILES string of the molecule is CC[O][Fe].Cl. The van der Waals surface area contributed by atoms with Crippen LogP contribution in [-0.4, -0.2) is 6.61 Å². The normalized spacial score (nSPS) is 6.00. The third kappa shape index (κ3) is 11.7. The molecule has 0 aliphatic heterocycles. The van der Waals surface area contributed by atoms with E-state index in [2.05, 4.69) is 20.2 Å². The molecule has 0 unspecified atom stereocenters. The van der Waals surface area contributed by atoms with E-state index in [0.717, 1.165) is 0 Å². The monoisotopic (exact) mass is 137 g/mol. The molecule has 0 atom stereocenters. The van der Waals surface area contributed by atoms with Gasteiger partial charge in [0.15, 0.2) is 0 Å². The van der Waals surface area contributed by atoms with E-state index in [4.69, 9.17) is 0 Å². The van der Waals surface area contributed by atoms with Crippen LogP contribution in [0.1, 0.15) is 6.92 Å². The van der Waals surface area contributed by atoms with Crippen molar-refractivity contribution in [1.29, 1.82) is 0 Å². The molecule has 0 aromatic heterocycles. The van der Waals surface area contributed by atoms with Crippen molar-refractivity contribution in [1.82, 2.24) is 0 Å². The zero-order valence-corrected chi connectivity index (χ0v) is 4.80. The van der Waals surface area contributed by atoms with Gasteiger partial charge in [-0.1, -0.05) is 0 Å². The van der Waals surface area contributed by atoms with Crippen LogP contribution in [-0.2, 0) is 20.2 Å². The van der Waals surface area contributed by atoms with Crippen molar-refractivity contribution in [3.63, 3.8) is 0 Å². The van der Waals surface area contributed by atoms with Gasteiger partial charge < -0.3 is 0 Å². The van der Waals surface area contributed by atoms with Gasteiger partial charge in [0.05, 0.1) is 0 Å². The fourth-order valence-corrected chi connectivity index (χ4v) is 0. The summed E-state index contributed by atoms with van der Waals surface area (Å²) in [6.45, 7) is 2.60. The number of hydrogen-bond acceptors (Lipinski definition) is 1. The first-order valence-corrected chi connectivity index (χ1v) is 1.59. The molecule has 0 saturated heterocycles. The molecule has 1 nitrogen and oxygen atoms in total. The summed E-state index contributed by atoms with van der Waals surface area (Å²) in [6.07, 6.45) is 0. The van der Waals surface area contributed by atoms with E-state index in [1.807, 2.05) is 6.92 Å². The molecule has 35 valence electrons. The Morgan fingerprint density at radius 1 is 1.80 bits per heavy atom. The second-order valence-corrected chi connectivity index (χ2v) is 0.709. The maximum atomic E-state index is 4.29. The summed E-state index contributed by atoms with van der Waals surface area (Å²) in [5.41, 5.74) is 0. The van der Waals surface area contributed by atoms with Crippen LogP contribution in [0.4, 0.5) is 0 Å². The van der Waals surface area contributed by atoms with Gasteiger partial charge in [-0.05, 0) is 0 Å². The molecule has 0 aromatic carbocycles. The molecule has 0 aliphatic rings. The Bertz CT molecular complexity index is 11.6. The van der Waals surface area contributed by atoms with Gasteiger partial charge in [-0.25, -0.2) is 0 Å². The number of rotatable bonds is 1. The molecule has 0 fully saturated rings. The minimum Gasteiger partial charge on any atom is -0.147 e. The van der Waals surface area contributed by atoms with E-state index in [9.17, 15) is 0 Å². The van der Waals surface area contributed by atoms with Gasteiger partial charge in [0.2, 0.25) is 0 Å². The third-order valence-electron chi connectivity index (χ3n) is 0.102. The van der Waals surface area contributed by atoms with Gasteiger partial charge >= 0.3 is 33.7 Å². The van der Waals surface area contributed by atoms with Crippen molar-refractivity contribution in [2.24, 2.45) is 0 Å². The largest absolute Gasteiger partial charge is 0.147 e. The molecule has 0 saturated carbocycles. The predicted molar refractivity (Wildman–Crippen MR) is 18.9 cm³/mol. The summed E-state index contributed by atoms with van der Waals surface area (Å²) in [6, 6.07) is 0. The van der Waals surface area contributed by atoms with Gasteiger partial charge in [-0.2, -0.15) is 0 Å². The molecule has 0 heterocycles. The second-order valence-electron chi connectivity index (χ2n) is 0.391. The van der Waals surface area contributed by atoms with Crippen LogP contribution in [0.3, 0.4) is 0 Å². The predicted octanol–water partition coefficient (Wildman–Crippen LogP) is 0.907. The van der Waals surface area contributed by atoms with Crippen LogP contribution >= 0.6 is 12.4 Å². The zero-order chi connectivity index (χ0) is 3.41. The van der Waals surface area contributed by atoms with E-state index in [-0.39, 0.29) is 12.4 Å². The first-order chi connectivity index (χ1) is 1.91. The molecule has 0 N–H and O–H groups in total. The first kappa shape index (κ1) is 9.24. The van der Waals surface area contributed by atoms with Gasteiger partial charge in [-0.15, -0.1) is 12.4 Å². The Balaban J connectivity index is 0. The molecule has 0 radical (unpaired) electrons. The van der Waals surface area contributed by atoms with Crippen LogP contribution in [0, 0.1) is 0 Å². The van der Waals surface area contributed by atoms with E-state index < -0.39 is 0 Å². The van der Waals surface area contributed by atoms with Crippen molar-refractivity contribution in [3.05, 3.63) is 0 Å². The molecular weight excluding hydrogens is 131 g/mol. The summed E-state index contributed by atoms with van der Waals surface area (Å²) >= 11 is 3.10. The van der Waals surface area contributed by atoms with E-state index in [1.165, 1.54) is 0 Å². The van der Waals surface area contributed by atoms with Crippen molar-refractivity contribution in [2.75, 3.05) is 6.61 Å². The van der Waals surface area contributed by atoms with Gasteiger partial charge in [0.25, 0.3) is 0 Å². The van der Waals surface area contributed by atoms with Crippen molar-refractivity contribution >= 4 is 12.4 Å². The third-order valence-corrected chi connectivity index (χ3v) is 0.421. The average molecular weight is 137 g/mol. The minimum atomic E-state index is 0. The molecule has 0 spiro atoms. The summed E-state index contributed by atoms with van der Waals surface area (Å²) < 4.78 is 4.29. The molecule has 0 amide bonds. The zero-order valence-electron chi connectivity index (χ0n) is 2.88. The van der Waals surface area contributed by atoms with E-state index in [1.54, 1.807) is 0 Å². The topological polar surface area (TPSA) is 9.23 Å². The molecule has 5 heavy (non-hydrogen) atoms. The van der Waals surface area contributed by atoms with Crippen LogP contribution in [0.15, 0.2) is 0 Å². The Hall–Kier alpha value is 0.769. The Labute approximate surface area is 46.6 Å². The maximum Gasteiger partial charge on any atom is -0.147 e. The van der Waals surface area contributed by atoms with Crippen LogP contribution in [0.2, 0.25) is 0 Å². The van der Waals surface area contributed by atoms with Crippen LogP contribution < -0.4 is 0 Å². The quantitative estimate of drug-likeness (QED) is 0.488. The van der Waals surface area contributed by atoms with Crippen molar-refractivity contribution in [3.8, 4) is 0 Å². The summed E-state index contributed by atoms with van der Waals surface area (Å²) in [7, 11) is 0. The summed E-state index contributed by atoms with van der Waals surface area (Å²) in [5.74, 6) is 0. The fraction of sp³-hybridized carbons (Fsp3) is 1.00. The number of hydrogen-bond donors (Lipinski definition) is 0. The molecule has 0 bridgehead atoms. The second kappa shape index (κ2) is 8.84. The molecule has 0 rings (SSSR count). The fourth-order valence-electron chi connectivity index (χ4n) is 0. The van der Waals surface area contributed by atoms with Crippen molar-refractivity contribution < 1.29 is 20.2 Å². The Kier molecular flexibility index (Phi) is 16.3. The smallest absolute Gasteiger partial charge is 0.147 e. The first-order valence-electron chi connectivity index (χ1n) is 1.14. The molecule has 0 aliphatic carbocycles. The van der Waals surface area contributed by atoms with Gasteiger partial charge in [0, 0.05) is 0 Å². The number of halogens is 1. The summed E-state index contributed by atoms with van der Waals surface area (Å²) in [5, 5.41) is 0. The molecular formula is C2H6ClFeO. The van der Waals surface area contributed by atoms with Crippen LogP contribution in [0.5, 0.6) is 0 Å². The van der Waals surface area contributed by atoms with Crippen molar-refractivity contribution in [2.45, 2.75) is 6.92 Å². The Morgan fingerprint density at radius 2 is 2.00 bits per heavy atom. The molecule has 3 heteroatoms. The minimum absolute atomic E-state index is 0. The molecule has 0 aromatic rings. The van der Waals surface area contributed by atoms with E-state index in [0.29, 0.717) is 6.61 Å². The standard InChI is InChI=1S/C2H5O.ClH.Fe/c1-2-3;;/h2H2,1H3;1H;/q-1;;+1. The summed E-state index contributed by atoms with van der Waals surface area (Å²) in [4.78, 5) is 0. The van der Waals surface area contributed by atoms with Crippen LogP contribution in [0.25, 0.3) is 0 Å².